The zero-order valence-electron chi connectivity index (χ0n) is 7.78. The van der Waals surface area contributed by atoms with Crippen LogP contribution in [0.2, 0.25) is 0 Å². The number of aliphatic carboxylic acids is 1. The zero-order valence-corrected chi connectivity index (χ0v) is 7.78. The lowest BCUT2D eigenvalue weighted by Gasteiger charge is -2.18. The van der Waals surface area contributed by atoms with Gasteiger partial charge in [-0.15, -0.1) is 0 Å². The summed E-state index contributed by atoms with van der Waals surface area (Å²) in [6, 6.07) is 0. The number of ketones is 1. The van der Waals surface area contributed by atoms with Crippen molar-refractivity contribution in [1.29, 1.82) is 0 Å². The molecule has 1 unspecified atom stereocenters. The predicted octanol–water partition coefficient (Wildman–Crippen LogP) is 0.677. The summed E-state index contributed by atoms with van der Waals surface area (Å²) in [7, 11) is 0. The van der Waals surface area contributed by atoms with Crippen molar-refractivity contribution in [2.75, 3.05) is 6.61 Å². The first-order chi connectivity index (χ1) is 7.27. The largest absolute Gasteiger partial charge is 0.478 e. The number of carboxylic acid groups (broad SMARTS) is 1. The first-order valence-corrected chi connectivity index (χ1v) is 4.17. The van der Waals surface area contributed by atoms with Gasteiger partial charge in [0.15, 0.2) is 0 Å². The van der Waals surface area contributed by atoms with E-state index >= 15 is 0 Å². The van der Waals surface area contributed by atoms with Crippen molar-refractivity contribution in [2.24, 2.45) is 5.92 Å². The molecular formula is C9H7F3O4. The maximum absolute atomic E-state index is 12.3. The number of carboxylic acids is 1. The lowest BCUT2D eigenvalue weighted by molar-refractivity contribution is -0.136. The molecule has 7 heteroatoms. The number of rotatable bonds is 2. The van der Waals surface area contributed by atoms with Crippen molar-refractivity contribution in [3.63, 3.8) is 0 Å². The van der Waals surface area contributed by atoms with E-state index in [1.54, 1.807) is 0 Å². The molecule has 0 amide bonds. The average Bonchev–Trinajstić information content (AvgIpc) is 2.15. The molecule has 0 fully saturated rings. The fourth-order valence-corrected chi connectivity index (χ4v) is 1.27. The Balaban J connectivity index is 3.19. The number of Topliss-reactive ketones (excluding diaryl/α,β-unsaturated/α-hetero) is 1. The molecule has 16 heavy (non-hydrogen) atoms. The maximum atomic E-state index is 12.3. The number of alkyl halides is 3. The Labute approximate surface area is 87.7 Å². The Bertz CT molecular complexity index is 392. The van der Waals surface area contributed by atoms with Crippen LogP contribution in [-0.4, -0.2) is 34.7 Å². The molecule has 0 saturated carbocycles. The Morgan fingerprint density at radius 2 is 1.94 bits per heavy atom. The number of carbonyl (C=O) groups is 2. The summed E-state index contributed by atoms with van der Waals surface area (Å²) >= 11 is 0. The van der Waals surface area contributed by atoms with Crippen LogP contribution in [0, 0.1) is 5.92 Å². The number of hydrogen-bond acceptors (Lipinski definition) is 3. The van der Waals surface area contributed by atoms with Gasteiger partial charge in [-0.2, -0.15) is 13.2 Å². The molecule has 1 aliphatic rings. The minimum Gasteiger partial charge on any atom is -0.478 e. The number of hydrogen-bond donors (Lipinski definition) is 2. The molecule has 0 heterocycles. The highest BCUT2D eigenvalue weighted by molar-refractivity contribution is 6.24. The topological polar surface area (TPSA) is 74.6 Å². The van der Waals surface area contributed by atoms with Gasteiger partial charge in [-0.1, -0.05) is 12.2 Å². The van der Waals surface area contributed by atoms with Gasteiger partial charge in [0, 0.05) is 5.92 Å². The molecule has 0 spiro atoms. The van der Waals surface area contributed by atoms with Crippen LogP contribution in [0.1, 0.15) is 0 Å². The van der Waals surface area contributed by atoms with Crippen LogP contribution in [0.25, 0.3) is 0 Å². The summed E-state index contributed by atoms with van der Waals surface area (Å²) in [5.41, 5.74) is -2.51. The Morgan fingerprint density at radius 1 is 1.38 bits per heavy atom. The van der Waals surface area contributed by atoms with Gasteiger partial charge < -0.3 is 10.2 Å². The van der Waals surface area contributed by atoms with Crippen LogP contribution >= 0.6 is 0 Å². The van der Waals surface area contributed by atoms with E-state index in [1.807, 2.05) is 0 Å². The van der Waals surface area contributed by atoms with Crippen molar-refractivity contribution in [2.45, 2.75) is 6.18 Å². The van der Waals surface area contributed by atoms with Crippen LogP contribution < -0.4 is 0 Å². The van der Waals surface area contributed by atoms with Gasteiger partial charge in [-0.05, 0) is 0 Å². The number of aliphatic hydroxyl groups is 1. The highest BCUT2D eigenvalue weighted by Gasteiger charge is 2.43. The molecule has 0 aromatic heterocycles. The van der Waals surface area contributed by atoms with E-state index < -0.39 is 41.6 Å². The average molecular weight is 236 g/mol. The second kappa shape index (κ2) is 4.09. The summed E-state index contributed by atoms with van der Waals surface area (Å²) in [6.45, 7) is -0.691. The van der Waals surface area contributed by atoms with Crippen LogP contribution in [0.5, 0.6) is 0 Å². The number of halogens is 3. The molecular weight excluding hydrogens is 229 g/mol. The minimum absolute atomic E-state index is 0.523. The minimum atomic E-state index is -4.92. The maximum Gasteiger partial charge on any atom is 0.419 e. The zero-order chi connectivity index (χ0) is 12.5. The molecule has 0 bridgehead atoms. The normalized spacial score (nSPS) is 21.5. The third kappa shape index (κ3) is 2.30. The van der Waals surface area contributed by atoms with E-state index in [2.05, 4.69) is 0 Å². The van der Waals surface area contributed by atoms with Gasteiger partial charge in [-0.25, -0.2) is 4.79 Å². The van der Waals surface area contributed by atoms with Gasteiger partial charge in [0.05, 0.1) is 6.61 Å². The summed E-state index contributed by atoms with van der Waals surface area (Å²) < 4.78 is 37.0. The van der Waals surface area contributed by atoms with Gasteiger partial charge >= 0.3 is 12.1 Å². The Hall–Kier alpha value is -1.63. The standard InChI is InChI=1S/C9H7F3O4/c10-9(11,12)6-2-4(3-13)1-5(7(6)14)8(15)16/h1-2,4,13H,3H2,(H,15,16). The third-order valence-corrected chi connectivity index (χ3v) is 2.00. The van der Waals surface area contributed by atoms with E-state index in [-0.39, 0.29) is 0 Å². The van der Waals surface area contributed by atoms with E-state index in [0.29, 0.717) is 6.08 Å². The van der Waals surface area contributed by atoms with E-state index in [0.717, 1.165) is 6.08 Å². The smallest absolute Gasteiger partial charge is 0.419 e. The van der Waals surface area contributed by atoms with E-state index in [9.17, 15) is 22.8 Å². The van der Waals surface area contributed by atoms with Crippen LogP contribution in [0.4, 0.5) is 13.2 Å². The van der Waals surface area contributed by atoms with Gasteiger partial charge in [0.2, 0.25) is 5.78 Å². The number of aliphatic hydroxyl groups excluding tert-OH is 1. The quantitative estimate of drug-likeness (QED) is 0.691. The summed E-state index contributed by atoms with van der Waals surface area (Å²) in [4.78, 5) is 21.7. The van der Waals surface area contributed by atoms with Crippen molar-refractivity contribution < 1.29 is 33.0 Å². The third-order valence-electron chi connectivity index (χ3n) is 2.00. The molecule has 1 aliphatic carbocycles. The molecule has 0 aliphatic heterocycles. The molecule has 88 valence electrons. The highest BCUT2D eigenvalue weighted by atomic mass is 19.4. The first kappa shape index (κ1) is 12.4. The van der Waals surface area contributed by atoms with Crippen LogP contribution in [0.3, 0.4) is 0 Å². The SMILES string of the molecule is O=C(O)C1=CC(CO)C=C(C(F)(F)F)C1=O. The predicted molar refractivity (Wildman–Crippen MR) is 45.4 cm³/mol. The number of carbonyl (C=O) groups excluding carboxylic acids is 1. The molecule has 4 nitrogen and oxygen atoms in total. The Morgan fingerprint density at radius 3 is 2.31 bits per heavy atom. The van der Waals surface area contributed by atoms with Crippen LogP contribution in [-0.2, 0) is 9.59 Å². The van der Waals surface area contributed by atoms with E-state index in [1.165, 1.54) is 0 Å². The summed E-state index contributed by atoms with van der Waals surface area (Å²) in [5.74, 6) is -4.43. The van der Waals surface area contributed by atoms with Crippen LogP contribution in [0.15, 0.2) is 23.3 Å². The molecule has 0 aromatic carbocycles. The van der Waals surface area contributed by atoms with Crippen molar-refractivity contribution in [1.82, 2.24) is 0 Å². The molecule has 2 N–H and O–H groups in total. The van der Waals surface area contributed by atoms with Crippen molar-refractivity contribution in [3.05, 3.63) is 23.3 Å². The second-order valence-electron chi connectivity index (χ2n) is 3.14. The number of allylic oxidation sites excluding steroid dienone is 1. The molecule has 0 radical (unpaired) electrons. The monoisotopic (exact) mass is 236 g/mol. The fourth-order valence-electron chi connectivity index (χ4n) is 1.27. The highest BCUT2D eigenvalue weighted by Crippen LogP contribution is 2.32. The van der Waals surface area contributed by atoms with Crippen molar-refractivity contribution >= 4 is 11.8 Å². The molecule has 1 atom stereocenters. The van der Waals surface area contributed by atoms with Gasteiger partial charge in [0.1, 0.15) is 11.1 Å². The fraction of sp³-hybridized carbons (Fsp3) is 0.333. The lowest BCUT2D eigenvalue weighted by Crippen LogP contribution is -2.29. The van der Waals surface area contributed by atoms with E-state index in [4.69, 9.17) is 10.2 Å². The summed E-state index contributed by atoms with van der Waals surface area (Å²) in [5, 5.41) is 17.2. The van der Waals surface area contributed by atoms with Gasteiger partial charge in [0.25, 0.3) is 0 Å². The molecule has 0 saturated heterocycles. The summed E-state index contributed by atoms with van der Waals surface area (Å²) in [6.07, 6.45) is -3.59. The lowest BCUT2D eigenvalue weighted by atomic mass is 9.90. The molecule has 1 rings (SSSR count). The first-order valence-electron chi connectivity index (χ1n) is 4.17. The Kier molecular flexibility index (Phi) is 3.18. The second-order valence-corrected chi connectivity index (χ2v) is 3.14. The van der Waals surface area contributed by atoms with Gasteiger partial charge in [-0.3, -0.25) is 4.79 Å². The van der Waals surface area contributed by atoms with Crippen molar-refractivity contribution in [3.8, 4) is 0 Å². The molecule has 0 aromatic rings.